The lowest BCUT2D eigenvalue weighted by Crippen LogP contribution is -1.93. The van der Waals surface area contributed by atoms with Crippen LogP contribution in [-0.2, 0) is 9.59 Å². The van der Waals surface area contributed by atoms with Crippen LogP contribution in [0.15, 0.2) is 0 Å². The summed E-state index contributed by atoms with van der Waals surface area (Å²) >= 11 is 0. The SMILES string of the molecule is Cl.O=CCCC(=O)O. The van der Waals surface area contributed by atoms with Crippen molar-refractivity contribution in [3.05, 3.63) is 0 Å². The van der Waals surface area contributed by atoms with E-state index in [-0.39, 0.29) is 25.2 Å². The molecule has 0 spiro atoms. The van der Waals surface area contributed by atoms with Crippen LogP contribution in [0.2, 0.25) is 0 Å². The van der Waals surface area contributed by atoms with E-state index in [1.54, 1.807) is 0 Å². The quantitative estimate of drug-likeness (QED) is 0.577. The van der Waals surface area contributed by atoms with Crippen molar-refractivity contribution in [2.24, 2.45) is 0 Å². The van der Waals surface area contributed by atoms with Crippen LogP contribution in [0.1, 0.15) is 12.8 Å². The molecule has 1 N–H and O–H groups in total. The van der Waals surface area contributed by atoms with Gasteiger partial charge in [-0.2, -0.15) is 0 Å². The van der Waals surface area contributed by atoms with Crippen molar-refractivity contribution < 1.29 is 14.7 Å². The topological polar surface area (TPSA) is 54.4 Å². The molecule has 0 aliphatic carbocycles. The summed E-state index contributed by atoms with van der Waals surface area (Å²) in [5.41, 5.74) is 0. The zero-order valence-corrected chi connectivity index (χ0v) is 4.98. The Bertz CT molecular complexity index is 81.4. The van der Waals surface area contributed by atoms with Crippen molar-refractivity contribution in [3.63, 3.8) is 0 Å². The van der Waals surface area contributed by atoms with Gasteiger partial charge in [-0.1, -0.05) is 0 Å². The molecule has 0 saturated carbocycles. The molecule has 0 fully saturated rings. The number of carboxylic acids is 1. The second-order valence-corrected chi connectivity index (χ2v) is 1.10. The van der Waals surface area contributed by atoms with Crippen LogP contribution in [0.3, 0.4) is 0 Å². The van der Waals surface area contributed by atoms with E-state index in [1.165, 1.54) is 0 Å². The first-order valence-electron chi connectivity index (χ1n) is 1.93. The summed E-state index contributed by atoms with van der Waals surface area (Å²) in [5, 5.41) is 7.89. The van der Waals surface area contributed by atoms with Gasteiger partial charge in [0, 0.05) is 6.42 Å². The fraction of sp³-hybridized carbons (Fsp3) is 0.500. The largest absolute Gasteiger partial charge is 0.481 e. The third kappa shape index (κ3) is 9.06. The van der Waals surface area contributed by atoms with Gasteiger partial charge in [0.1, 0.15) is 6.29 Å². The number of carbonyl (C=O) groups is 2. The molecule has 0 aliphatic rings. The molecule has 0 aromatic carbocycles. The van der Waals surface area contributed by atoms with Crippen molar-refractivity contribution in [1.29, 1.82) is 0 Å². The third-order valence-electron chi connectivity index (χ3n) is 0.476. The number of hydrogen-bond donors (Lipinski definition) is 1. The molecule has 0 heterocycles. The van der Waals surface area contributed by atoms with E-state index in [0.717, 1.165) is 0 Å². The predicted octanol–water partition coefficient (Wildman–Crippen LogP) is 0.472. The van der Waals surface area contributed by atoms with Crippen molar-refractivity contribution in [2.45, 2.75) is 12.8 Å². The van der Waals surface area contributed by atoms with Gasteiger partial charge in [0.25, 0.3) is 0 Å². The molecule has 0 saturated heterocycles. The molecule has 0 bridgehead atoms. The minimum absolute atomic E-state index is 0. The molecule has 0 aliphatic heterocycles. The van der Waals surface area contributed by atoms with Gasteiger partial charge in [-0.3, -0.25) is 4.79 Å². The molecule has 4 heteroatoms. The smallest absolute Gasteiger partial charge is 0.303 e. The average molecular weight is 139 g/mol. The van der Waals surface area contributed by atoms with Gasteiger partial charge < -0.3 is 9.90 Å². The van der Waals surface area contributed by atoms with Gasteiger partial charge in [0.05, 0.1) is 6.42 Å². The Hall–Kier alpha value is -0.570. The highest BCUT2D eigenvalue weighted by Crippen LogP contribution is 1.80. The zero-order valence-electron chi connectivity index (χ0n) is 4.16. The minimum Gasteiger partial charge on any atom is -0.481 e. The molecule has 0 aromatic heterocycles. The van der Waals surface area contributed by atoms with Crippen molar-refractivity contribution in [1.82, 2.24) is 0 Å². The van der Waals surface area contributed by atoms with Gasteiger partial charge in [-0.05, 0) is 0 Å². The lowest BCUT2D eigenvalue weighted by atomic mass is 10.3. The first-order valence-corrected chi connectivity index (χ1v) is 1.93. The third-order valence-corrected chi connectivity index (χ3v) is 0.476. The number of hydrogen-bond acceptors (Lipinski definition) is 2. The summed E-state index contributed by atoms with van der Waals surface area (Å²) in [5.74, 6) is -0.924. The van der Waals surface area contributed by atoms with Crippen molar-refractivity contribution >= 4 is 24.7 Å². The van der Waals surface area contributed by atoms with Crippen LogP contribution in [0.25, 0.3) is 0 Å². The Morgan fingerprint density at radius 2 is 2.12 bits per heavy atom. The van der Waals surface area contributed by atoms with Crippen molar-refractivity contribution in [3.8, 4) is 0 Å². The van der Waals surface area contributed by atoms with Gasteiger partial charge in [0.15, 0.2) is 0 Å². The van der Waals surface area contributed by atoms with Gasteiger partial charge in [0.2, 0.25) is 0 Å². The second kappa shape index (κ2) is 6.43. The molecule has 0 radical (unpaired) electrons. The van der Waals surface area contributed by atoms with Gasteiger partial charge in [-0.15, -0.1) is 12.4 Å². The summed E-state index contributed by atoms with van der Waals surface area (Å²) in [6.45, 7) is 0. The van der Waals surface area contributed by atoms with E-state index in [1.807, 2.05) is 0 Å². The molecular weight excluding hydrogens is 131 g/mol. The van der Waals surface area contributed by atoms with Crippen LogP contribution >= 0.6 is 12.4 Å². The number of halogens is 1. The highest BCUT2D eigenvalue weighted by Gasteiger charge is 1.91. The maximum atomic E-state index is 9.60. The Morgan fingerprint density at radius 1 is 1.62 bits per heavy atom. The molecule has 0 amide bonds. The molecule has 0 unspecified atom stereocenters. The number of rotatable bonds is 3. The monoisotopic (exact) mass is 138 g/mol. The van der Waals surface area contributed by atoms with Crippen LogP contribution in [-0.4, -0.2) is 17.4 Å². The van der Waals surface area contributed by atoms with Crippen LogP contribution in [0.5, 0.6) is 0 Å². The van der Waals surface area contributed by atoms with Crippen molar-refractivity contribution in [2.75, 3.05) is 0 Å². The Balaban J connectivity index is 0. The van der Waals surface area contributed by atoms with E-state index in [4.69, 9.17) is 5.11 Å². The second-order valence-electron chi connectivity index (χ2n) is 1.10. The Morgan fingerprint density at radius 3 is 2.25 bits per heavy atom. The number of aldehydes is 1. The van der Waals surface area contributed by atoms with E-state index in [9.17, 15) is 9.59 Å². The lowest BCUT2D eigenvalue weighted by molar-refractivity contribution is -0.137. The zero-order chi connectivity index (χ0) is 5.70. The first-order chi connectivity index (χ1) is 3.27. The van der Waals surface area contributed by atoms with Crippen LogP contribution in [0.4, 0.5) is 0 Å². The minimum atomic E-state index is -0.924. The summed E-state index contributed by atoms with van der Waals surface area (Å²) < 4.78 is 0. The van der Waals surface area contributed by atoms with Gasteiger partial charge >= 0.3 is 5.97 Å². The molecule has 0 aromatic rings. The summed E-state index contributed by atoms with van der Waals surface area (Å²) in [6.07, 6.45) is 0.660. The van der Waals surface area contributed by atoms with E-state index >= 15 is 0 Å². The van der Waals surface area contributed by atoms with Crippen LogP contribution in [0, 0.1) is 0 Å². The van der Waals surface area contributed by atoms with E-state index < -0.39 is 5.97 Å². The fourth-order valence-electron chi connectivity index (χ4n) is 0.182. The molecule has 3 nitrogen and oxygen atoms in total. The summed E-state index contributed by atoms with van der Waals surface area (Å²) in [7, 11) is 0. The average Bonchev–Trinajstić information content (AvgIpc) is 1.61. The first kappa shape index (κ1) is 10.4. The molecular formula is C4H7ClO3. The molecule has 48 valence electrons. The standard InChI is InChI=1S/C4H6O3.ClH/c5-3-1-2-4(6)7;/h3H,1-2H2,(H,6,7);1H. The molecule has 8 heavy (non-hydrogen) atoms. The molecule has 0 rings (SSSR count). The van der Waals surface area contributed by atoms with Gasteiger partial charge in [-0.25, -0.2) is 0 Å². The molecule has 0 atom stereocenters. The Kier molecular flexibility index (Phi) is 8.37. The predicted molar refractivity (Wildman–Crippen MR) is 30.2 cm³/mol. The van der Waals surface area contributed by atoms with Crippen LogP contribution < -0.4 is 0 Å². The maximum absolute atomic E-state index is 9.60. The number of carboxylic acid groups (broad SMARTS) is 1. The highest BCUT2D eigenvalue weighted by atomic mass is 35.5. The number of aliphatic carboxylic acids is 1. The lowest BCUT2D eigenvalue weighted by Gasteiger charge is -1.79. The maximum Gasteiger partial charge on any atom is 0.303 e. The summed E-state index contributed by atoms with van der Waals surface area (Å²) in [4.78, 5) is 19.0. The fourth-order valence-corrected chi connectivity index (χ4v) is 0.182. The Labute approximate surface area is 53.1 Å². The normalized spacial score (nSPS) is 7.00. The van der Waals surface area contributed by atoms with E-state index in [2.05, 4.69) is 0 Å². The number of carbonyl (C=O) groups excluding carboxylic acids is 1. The summed E-state index contributed by atoms with van der Waals surface area (Å²) in [6, 6.07) is 0. The van der Waals surface area contributed by atoms with E-state index in [0.29, 0.717) is 6.29 Å². The highest BCUT2D eigenvalue weighted by molar-refractivity contribution is 5.85.